The molecule has 1 unspecified atom stereocenters. The number of likely N-dealkylation sites (N-methyl/N-ethyl adjacent to an activating group) is 1. The van der Waals surface area contributed by atoms with Crippen LogP contribution < -0.4 is 10.5 Å². The fourth-order valence-corrected chi connectivity index (χ4v) is 3.77. The Morgan fingerprint density at radius 2 is 2.19 bits per heavy atom. The molecule has 1 aromatic heterocycles. The van der Waals surface area contributed by atoms with Gasteiger partial charge in [-0.1, -0.05) is 6.07 Å². The lowest BCUT2D eigenvalue weighted by atomic mass is 10.1. The molecule has 0 spiro atoms. The van der Waals surface area contributed by atoms with E-state index in [1.54, 1.807) is 17.4 Å². The molecule has 0 saturated heterocycles. The maximum atomic E-state index is 13.9. The molecule has 2 N–H and O–H groups in total. The van der Waals surface area contributed by atoms with E-state index in [4.69, 9.17) is 10.5 Å². The number of benzene rings is 1. The average molecular weight is 373 g/mol. The summed E-state index contributed by atoms with van der Waals surface area (Å²) in [5.41, 5.74) is 6.74. The summed E-state index contributed by atoms with van der Waals surface area (Å²) in [4.78, 5) is 3.36. The third-order valence-corrected chi connectivity index (χ3v) is 5.03. The fraction of sp³-hybridized carbons (Fsp3) is 0.333. The Bertz CT molecular complexity index is 605. The van der Waals surface area contributed by atoms with Gasteiger partial charge in [-0.05, 0) is 46.7 Å². The molecule has 0 aliphatic carbocycles. The van der Waals surface area contributed by atoms with Gasteiger partial charge in [-0.25, -0.2) is 4.39 Å². The lowest BCUT2D eigenvalue weighted by molar-refractivity contribution is 0.243. The number of halogens is 2. The van der Waals surface area contributed by atoms with Gasteiger partial charge in [0, 0.05) is 33.9 Å². The van der Waals surface area contributed by atoms with Crippen molar-refractivity contribution in [3.05, 3.63) is 50.4 Å². The number of hydrogen-bond donors (Lipinski definition) is 1. The average Bonchev–Trinajstić information content (AvgIpc) is 2.85. The van der Waals surface area contributed by atoms with E-state index >= 15 is 0 Å². The third kappa shape index (κ3) is 4.03. The zero-order valence-electron chi connectivity index (χ0n) is 12.0. The molecular weight excluding hydrogens is 355 g/mol. The number of rotatable bonds is 6. The topological polar surface area (TPSA) is 38.5 Å². The minimum Gasteiger partial charge on any atom is -0.494 e. The summed E-state index contributed by atoms with van der Waals surface area (Å²) >= 11 is 5.14. The normalized spacial score (nSPS) is 12.7. The Labute approximate surface area is 136 Å². The second-order valence-corrected chi connectivity index (χ2v) is 6.70. The van der Waals surface area contributed by atoms with Crippen LogP contribution in [0.3, 0.4) is 0 Å². The molecule has 0 aliphatic heterocycles. The molecule has 1 aromatic carbocycles. The summed E-state index contributed by atoms with van der Waals surface area (Å²) in [5.74, 6) is -0.111. The van der Waals surface area contributed by atoms with Crippen molar-refractivity contribution in [3.8, 4) is 5.75 Å². The molecule has 2 aromatic rings. The molecule has 0 fully saturated rings. The van der Waals surface area contributed by atoms with Crippen molar-refractivity contribution in [3.63, 3.8) is 0 Å². The predicted octanol–water partition coefficient (Wildman–Crippen LogP) is 3.79. The monoisotopic (exact) mass is 372 g/mol. The summed E-state index contributed by atoms with van der Waals surface area (Å²) in [6, 6.07) is 7.05. The van der Waals surface area contributed by atoms with Crippen molar-refractivity contribution in [2.45, 2.75) is 12.6 Å². The molecule has 0 aliphatic rings. The second kappa shape index (κ2) is 7.35. The molecule has 0 saturated carbocycles. The first-order valence-corrected chi connectivity index (χ1v) is 8.19. The minimum atomic E-state index is -0.360. The molecule has 1 heterocycles. The van der Waals surface area contributed by atoms with Crippen LogP contribution in [-0.2, 0) is 6.54 Å². The molecule has 0 amide bonds. The number of methoxy groups -OCH3 is 1. The number of hydrogen-bond acceptors (Lipinski definition) is 4. The highest BCUT2D eigenvalue weighted by molar-refractivity contribution is 9.10. The van der Waals surface area contributed by atoms with Crippen molar-refractivity contribution in [2.24, 2.45) is 5.73 Å². The van der Waals surface area contributed by atoms with Gasteiger partial charge in [-0.3, -0.25) is 4.90 Å². The lowest BCUT2D eigenvalue weighted by Gasteiger charge is -2.27. The maximum absolute atomic E-state index is 13.9. The number of ether oxygens (including phenoxy) is 1. The van der Waals surface area contributed by atoms with Gasteiger partial charge in [0.15, 0.2) is 11.6 Å². The molecule has 0 radical (unpaired) electrons. The van der Waals surface area contributed by atoms with Crippen LogP contribution in [0.15, 0.2) is 34.1 Å². The van der Waals surface area contributed by atoms with Crippen LogP contribution in [-0.4, -0.2) is 25.6 Å². The Balaban J connectivity index is 2.16. The largest absolute Gasteiger partial charge is 0.494 e. The van der Waals surface area contributed by atoms with Crippen LogP contribution in [0.1, 0.15) is 16.5 Å². The van der Waals surface area contributed by atoms with Crippen molar-refractivity contribution in [1.82, 2.24) is 4.90 Å². The maximum Gasteiger partial charge on any atom is 0.165 e. The number of nitrogens with zero attached hydrogens (tertiary/aromatic N) is 1. The van der Waals surface area contributed by atoms with Gasteiger partial charge in [0.05, 0.1) is 7.11 Å². The first-order valence-electron chi connectivity index (χ1n) is 6.51. The van der Waals surface area contributed by atoms with Gasteiger partial charge < -0.3 is 10.5 Å². The number of nitrogens with two attached hydrogens (primary N) is 1. The van der Waals surface area contributed by atoms with E-state index in [1.165, 1.54) is 18.1 Å². The molecular formula is C15H18BrFN2OS. The SMILES string of the molecule is COc1ccc(C(CN)N(C)Cc2cc(Br)cs2)cc1F. The standard InChI is InChI=1S/C15H18BrFN2OS/c1-19(8-12-6-11(16)9-21-12)14(7-18)10-3-4-15(20-2)13(17)5-10/h3-6,9,14H,7-8,18H2,1-2H3. The van der Waals surface area contributed by atoms with Crippen molar-refractivity contribution in [1.29, 1.82) is 0 Å². The van der Waals surface area contributed by atoms with Crippen LogP contribution >= 0.6 is 27.3 Å². The predicted molar refractivity (Wildman–Crippen MR) is 88.2 cm³/mol. The van der Waals surface area contributed by atoms with E-state index in [9.17, 15) is 4.39 Å². The van der Waals surface area contributed by atoms with E-state index in [1.807, 2.05) is 18.5 Å². The van der Waals surface area contributed by atoms with Crippen molar-refractivity contribution >= 4 is 27.3 Å². The first-order chi connectivity index (χ1) is 10.0. The zero-order valence-corrected chi connectivity index (χ0v) is 14.4. The number of thiophene rings is 1. The van der Waals surface area contributed by atoms with Crippen LogP contribution in [0.5, 0.6) is 5.75 Å². The van der Waals surface area contributed by atoms with Gasteiger partial charge in [-0.15, -0.1) is 11.3 Å². The van der Waals surface area contributed by atoms with E-state index in [0.29, 0.717) is 6.54 Å². The highest BCUT2D eigenvalue weighted by Crippen LogP contribution is 2.27. The summed E-state index contributed by atoms with van der Waals surface area (Å²) in [6.45, 7) is 1.20. The molecule has 6 heteroatoms. The second-order valence-electron chi connectivity index (χ2n) is 4.79. The molecule has 114 valence electrons. The third-order valence-electron chi connectivity index (χ3n) is 3.34. The summed E-state index contributed by atoms with van der Waals surface area (Å²) in [6.07, 6.45) is 0. The summed E-state index contributed by atoms with van der Waals surface area (Å²) in [5, 5.41) is 2.05. The molecule has 1 atom stereocenters. The van der Waals surface area contributed by atoms with E-state index in [0.717, 1.165) is 16.6 Å². The molecule has 21 heavy (non-hydrogen) atoms. The van der Waals surface area contributed by atoms with Crippen molar-refractivity contribution in [2.75, 3.05) is 20.7 Å². The van der Waals surface area contributed by atoms with Gasteiger partial charge in [-0.2, -0.15) is 0 Å². The van der Waals surface area contributed by atoms with Crippen LogP contribution in [0.25, 0.3) is 0 Å². The quantitative estimate of drug-likeness (QED) is 0.837. The highest BCUT2D eigenvalue weighted by atomic mass is 79.9. The van der Waals surface area contributed by atoms with Gasteiger partial charge in [0.2, 0.25) is 0 Å². The van der Waals surface area contributed by atoms with E-state index < -0.39 is 0 Å². The van der Waals surface area contributed by atoms with E-state index in [-0.39, 0.29) is 17.6 Å². The minimum absolute atomic E-state index is 0.0359. The Morgan fingerprint density at radius 1 is 1.43 bits per heavy atom. The van der Waals surface area contributed by atoms with Gasteiger partial charge in [0.25, 0.3) is 0 Å². The smallest absolute Gasteiger partial charge is 0.165 e. The van der Waals surface area contributed by atoms with Gasteiger partial charge in [0.1, 0.15) is 0 Å². The fourth-order valence-electron chi connectivity index (χ4n) is 2.25. The van der Waals surface area contributed by atoms with E-state index in [2.05, 4.69) is 26.9 Å². The summed E-state index contributed by atoms with van der Waals surface area (Å²) in [7, 11) is 3.45. The van der Waals surface area contributed by atoms with Crippen molar-refractivity contribution < 1.29 is 9.13 Å². The molecule has 2 rings (SSSR count). The Kier molecular flexibility index (Phi) is 5.75. The Morgan fingerprint density at radius 3 is 2.71 bits per heavy atom. The first kappa shape index (κ1) is 16.4. The Hall–Kier alpha value is -0.950. The highest BCUT2D eigenvalue weighted by Gasteiger charge is 2.18. The zero-order chi connectivity index (χ0) is 15.4. The van der Waals surface area contributed by atoms with Crippen LogP contribution in [0.2, 0.25) is 0 Å². The van der Waals surface area contributed by atoms with Crippen LogP contribution in [0.4, 0.5) is 4.39 Å². The summed E-state index contributed by atoms with van der Waals surface area (Å²) < 4.78 is 19.9. The molecule has 3 nitrogen and oxygen atoms in total. The van der Waals surface area contributed by atoms with Gasteiger partial charge >= 0.3 is 0 Å². The molecule has 0 bridgehead atoms. The lowest BCUT2D eigenvalue weighted by Crippen LogP contribution is -2.30. The van der Waals surface area contributed by atoms with Crippen LogP contribution in [0, 0.1) is 5.82 Å².